The van der Waals surface area contributed by atoms with Crippen LogP contribution >= 0.6 is 0 Å². The van der Waals surface area contributed by atoms with Gasteiger partial charge in [0.25, 0.3) is 0 Å². The predicted molar refractivity (Wildman–Crippen MR) is 62.3 cm³/mol. The third-order valence-corrected chi connectivity index (χ3v) is 1.96. The Morgan fingerprint density at radius 2 is 2.29 bits per heavy atom. The van der Waals surface area contributed by atoms with Gasteiger partial charge in [-0.25, -0.2) is 0 Å². The molecule has 0 bridgehead atoms. The molecule has 2 amide bonds. The second-order valence-electron chi connectivity index (χ2n) is 3.57. The van der Waals surface area contributed by atoms with E-state index in [0.717, 1.165) is 0 Å². The first-order chi connectivity index (χ1) is 8.02. The van der Waals surface area contributed by atoms with Gasteiger partial charge in [-0.05, 0) is 19.9 Å². The van der Waals surface area contributed by atoms with E-state index in [1.807, 2.05) is 0 Å². The van der Waals surface area contributed by atoms with Gasteiger partial charge in [-0.3, -0.25) is 9.59 Å². The van der Waals surface area contributed by atoms with Crippen molar-refractivity contribution in [3.8, 4) is 0 Å². The molecule has 6 heteroatoms. The number of hydrogen-bond donors (Lipinski definition) is 1. The molecule has 0 atom stereocenters. The number of carbonyl (C=O) groups is 2. The summed E-state index contributed by atoms with van der Waals surface area (Å²) in [5.41, 5.74) is 0. The highest BCUT2D eigenvalue weighted by Crippen LogP contribution is 2.06. The summed E-state index contributed by atoms with van der Waals surface area (Å²) < 4.78 is 4.80. The van der Waals surface area contributed by atoms with Crippen molar-refractivity contribution in [2.45, 2.75) is 13.8 Å². The van der Waals surface area contributed by atoms with Crippen LogP contribution in [0, 0.1) is 6.92 Å². The third kappa shape index (κ3) is 4.10. The highest BCUT2D eigenvalue weighted by atomic mass is 16.5. The van der Waals surface area contributed by atoms with E-state index in [9.17, 15) is 9.59 Å². The van der Waals surface area contributed by atoms with E-state index in [1.54, 1.807) is 33.0 Å². The first-order valence-electron chi connectivity index (χ1n) is 5.14. The Morgan fingerprint density at radius 1 is 1.59 bits per heavy atom. The molecule has 1 heterocycles. The summed E-state index contributed by atoms with van der Waals surface area (Å²) >= 11 is 0. The number of likely N-dealkylation sites (N-methyl/N-ethyl adjacent to an activating group) is 1. The fourth-order valence-electron chi connectivity index (χ4n) is 1.17. The number of nitrogens with zero attached hydrogens (tertiary/aromatic N) is 2. The molecule has 0 fully saturated rings. The van der Waals surface area contributed by atoms with Crippen molar-refractivity contribution >= 4 is 17.6 Å². The first kappa shape index (κ1) is 13.0. The summed E-state index contributed by atoms with van der Waals surface area (Å²) in [4.78, 5) is 24.2. The molecule has 0 aliphatic carbocycles. The van der Waals surface area contributed by atoms with Gasteiger partial charge in [-0.15, -0.1) is 0 Å². The minimum Gasteiger partial charge on any atom is -0.360 e. The van der Waals surface area contributed by atoms with Crippen LogP contribution in [0.25, 0.3) is 0 Å². The molecule has 0 spiro atoms. The molecule has 0 unspecified atom stereocenters. The molecule has 0 aliphatic rings. The van der Waals surface area contributed by atoms with Gasteiger partial charge in [0.05, 0.1) is 6.54 Å². The molecule has 6 nitrogen and oxygen atoms in total. The number of allylic oxidation sites excluding steroid dienone is 1. The average Bonchev–Trinajstić information content (AvgIpc) is 2.64. The molecule has 0 radical (unpaired) electrons. The molecule has 0 saturated heterocycles. The number of aryl methyl sites for hydroxylation is 1. The Balaban J connectivity index is 2.47. The lowest BCUT2D eigenvalue weighted by Gasteiger charge is -2.13. The van der Waals surface area contributed by atoms with Crippen molar-refractivity contribution in [3.05, 3.63) is 24.0 Å². The monoisotopic (exact) mass is 237 g/mol. The number of aromatic nitrogens is 1. The molecular weight excluding hydrogens is 222 g/mol. The van der Waals surface area contributed by atoms with E-state index in [2.05, 4.69) is 10.5 Å². The van der Waals surface area contributed by atoms with Gasteiger partial charge in [-0.2, -0.15) is 0 Å². The Bertz CT molecular complexity index is 437. The van der Waals surface area contributed by atoms with Crippen molar-refractivity contribution in [2.75, 3.05) is 18.9 Å². The summed E-state index contributed by atoms with van der Waals surface area (Å²) in [6.45, 7) is 3.43. The van der Waals surface area contributed by atoms with Crippen molar-refractivity contribution in [2.24, 2.45) is 0 Å². The maximum absolute atomic E-state index is 11.5. The van der Waals surface area contributed by atoms with E-state index in [-0.39, 0.29) is 18.4 Å². The SMILES string of the molecule is CC=CC(=O)N(C)CC(=O)Nc1cc(C)on1. The van der Waals surface area contributed by atoms with E-state index < -0.39 is 0 Å². The molecule has 0 saturated carbocycles. The third-order valence-electron chi connectivity index (χ3n) is 1.96. The van der Waals surface area contributed by atoms with Gasteiger partial charge >= 0.3 is 0 Å². The van der Waals surface area contributed by atoms with Crippen LogP contribution in [0.15, 0.2) is 22.7 Å². The fourth-order valence-corrected chi connectivity index (χ4v) is 1.17. The van der Waals surface area contributed by atoms with Gasteiger partial charge in [-0.1, -0.05) is 11.2 Å². The second kappa shape index (κ2) is 5.83. The lowest BCUT2D eigenvalue weighted by atomic mass is 10.4. The van der Waals surface area contributed by atoms with E-state index in [1.165, 1.54) is 11.0 Å². The molecule has 1 rings (SSSR count). The predicted octanol–water partition coefficient (Wildman–Crippen LogP) is 0.956. The summed E-state index contributed by atoms with van der Waals surface area (Å²) in [6.07, 6.45) is 3.02. The first-order valence-corrected chi connectivity index (χ1v) is 5.14. The summed E-state index contributed by atoms with van der Waals surface area (Å²) in [7, 11) is 1.55. The number of rotatable bonds is 4. The van der Waals surface area contributed by atoms with Gasteiger partial charge in [0.2, 0.25) is 11.8 Å². The summed E-state index contributed by atoms with van der Waals surface area (Å²) in [5, 5.41) is 6.15. The molecule has 0 aromatic carbocycles. The maximum atomic E-state index is 11.5. The van der Waals surface area contributed by atoms with Crippen LogP contribution < -0.4 is 5.32 Å². The lowest BCUT2D eigenvalue weighted by Crippen LogP contribution is -2.33. The molecule has 17 heavy (non-hydrogen) atoms. The zero-order valence-electron chi connectivity index (χ0n) is 10.1. The molecular formula is C11H15N3O3. The van der Waals surface area contributed by atoms with E-state index >= 15 is 0 Å². The number of amides is 2. The standard InChI is InChI=1S/C11H15N3O3/c1-4-5-11(16)14(3)7-10(15)12-9-6-8(2)17-13-9/h4-6H,7H2,1-3H3,(H,12,13,15). The van der Waals surface area contributed by atoms with Crippen LogP contribution in [0.4, 0.5) is 5.82 Å². The van der Waals surface area contributed by atoms with Gasteiger partial charge < -0.3 is 14.7 Å². The number of nitrogens with one attached hydrogen (secondary N) is 1. The van der Waals surface area contributed by atoms with Crippen LogP contribution in [-0.2, 0) is 9.59 Å². The summed E-state index contributed by atoms with van der Waals surface area (Å²) in [6, 6.07) is 1.60. The number of hydrogen-bond acceptors (Lipinski definition) is 4. The maximum Gasteiger partial charge on any atom is 0.246 e. The Labute approximate surface area is 99.3 Å². The quantitative estimate of drug-likeness (QED) is 0.791. The normalized spacial score (nSPS) is 10.5. The van der Waals surface area contributed by atoms with Crippen LogP contribution in [0.3, 0.4) is 0 Å². The van der Waals surface area contributed by atoms with Gasteiger partial charge in [0, 0.05) is 13.1 Å². The van der Waals surface area contributed by atoms with Crippen molar-refractivity contribution < 1.29 is 14.1 Å². The molecule has 1 aromatic heterocycles. The lowest BCUT2D eigenvalue weighted by molar-refractivity contribution is -0.129. The Kier molecular flexibility index (Phi) is 4.45. The van der Waals surface area contributed by atoms with Gasteiger partial charge in [0.15, 0.2) is 5.82 Å². The zero-order chi connectivity index (χ0) is 12.8. The Hall–Kier alpha value is -2.11. The summed E-state index contributed by atoms with van der Waals surface area (Å²) in [5.74, 6) is 0.413. The van der Waals surface area contributed by atoms with Crippen LogP contribution in [0.5, 0.6) is 0 Å². The van der Waals surface area contributed by atoms with Crippen molar-refractivity contribution in [1.29, 1.82) is 0 Å². The Morgan fingerprint density at radius 3 is 2.82 bits per heavy atom. The van der Waals surface area contributed by atoms with Crippen LogP contribution in [0.2, 0.25) is 0 Å². The largest absolute Gasteiger partial charge is 0.360 e. The highest BCUT2D eigenvalue weighted by molar-refractivity contribution is 5.95. The fraction of sp³-hybridized carbons (Fsp3) is 0.364. The van der Waals surface area contributed by atoms with Crippen molar-refractivity contribution in [3.63, 3.8) is 0 Å². The van der Waals surface area contributed by atoms with E-state index in [4.69, 9.17) is 4.52 Å². The zero-order valence-corrected chi connectivity index (χ0v) is 10.1. The van der Waals surface area contributed by atoms with Crippen LogP contribution in [-0.4, -0.2) is 35.5 Å². The number of carbonyl (C=O) groups excluding carboxylic acids is 2. The minimum absolute atomic E-state index is 0.0327. The average molecular weight is 237 g/mol. The highest BCUT2D eigenvalue weighted by Gasteiger charge is 2.11. The van der Waals surface area contributed by atoms with Crippen LogP contribution in [0.1, 0.15) is 12.7 Å². The molecule has 92 valence electrons. The van der Waals surface area contributed by atoms with Gasteiger partial charge in [0.1, 0.15) is 5.76 Å². The van der Waals surface area contributed by atoms with Crippen molar-refractivity contribution in [1.82, 2.24) is 10.1 Å². The molecule has 0 aliphatic heterocycles. The molecule has 1 N–H and O–H groups in total. The molecule has 1 aromatic rings. The minimum atomic E-state index is -0.321. The second-order valence-corrected chi connectivity index (χ2v) is 3.57. The van der Waals surface area contributed by atoms with E-state index in [0.29, 0.717) is 11.6 Å². The smallest absolute Gasteiger partial charge is 0.246 e. The topological polar surface area (TPSA) is 75.4 Å². The number of anilines is 1.